The van der Waals surface area contributed by atoms with Gasteiger partial charge in [-0.25, -0.2) is 0 Å². The van der Waals surface area contributed by atoms with Crippen LogP contribution in [0.5, 0.6) is 23.0 Å². The van der Waals surface area contributed by atoms with Crippen molar-refractivity contribution in [3.8, 4) is 23.0 Å². The zero-order valence-corrected chi connectivity index (χ0v) is 29.1. The molecule has 4 atom stereocenters. The average molecular weight is 718 g/mol. The Balaban J connectivity index is 1.04. The van der Waals surface area contributed by atoms with Crippen LogP contribution in [0, 0.1) is 11.8 Å². The summed E-state index contributed by atoms with van der Waals surface area (Å²) in [5.41, 5.74) is 2.14. The van der Waals surface area contributed by atoms with Gasteiger partial charge in [-0.2, -0.15) is 0 Å². The van der Waals surface area contributed by atoms with Gasteiger partial charge >= 0.3 is 16.9 Å². The van der Waals surface area contributed by atoms with E-state index >= 15 is 0 Å². The molecule has 0 bridgehead atoms. The molecule has 1 saturated carbocycles. The van der Waals surface area contributed by atoms with E-state index in [-0.39, 0.29) is 24.0 Å². The highest BCUT2D eigenvalue weighted by Crippen LogP contribution is 2.54. The van der Waals surface area contributed by atoms with Crippen LogP contribution in [0.1, 0.15) is 24.0 Å². The number of nitrogens with zero attached hydrogens (tertiary/aromatic N) is 4. The predicted octanol–water partition coefficient (Wildman–Crippen LogP) is 9.94. The Bertz CT molecular complexity index is 1800. The smallest absolute Gasteiger partial charge is 0.317 e. The molecule has 0 saturated heterocycles. The lowest BCUT2D eigenvalue weighted by atomic mass is 9.71. The average Bonchev–Trinajstić information content (AvgIpc) is 3.93. The van der Waals surface area contributed by atoms with Crippen molar-refractivity contribution in [2.24, 2.45) is 11.8 Å². The number of ether oxygens (including phenoxy) is 2. The van der Waals surface area contributed by atoms with Crippen molar-refractivity contribution in [1.29, 1.82) is 0 Å². The second-order valence-corrected chi connectivity index (χ2v) is 16.5. The summed E-state index contributed by atoms with van der Waals surface area (Å²) in [6, 6.07) is 23.8. The molecule has 2 aliphatic heterocycles. The first kappa shape index (κ1) is 30.3. The molecule has 6 aromatic rings. The van der Waals surface area contributed by atoms with Crippen molar-refractivity contribution in [3.05, 3.63) is 144 Å². The highest BCUT2D eigenvalue weighted by molar-refractivity contribution is 7.49. The van der Waals surface area contributed by atoms with Crippen LogP contribution >= 0.6 is 40.1 Å². The van der Waals surface area contributed by atoms with Gasteiger partial charge in [0.25, 0.3) is 0 Å². The molecule has 0 spiro atoms. The van der Waals surface area contributed by atoms with Gasteiger partial charge < -0.3 is 18.5 Å². The van der Waals surface area contributed by atoms with Gasteiger partial charge in [-0.1, -0.05) is 23.2 Å². The third kappa shape index (κ3) is 5.59. The molecule has 0 N–H and O–H groups in total. The summed E-state index contributed by atoms with van der Waals surface area (Å²) in [7, 11) is -2.53. The van der Waals surface area contributed by atoms with Crippen LogP contribution in [0.15, 0.2) is 122 Å². The Morgan fingerprint density at radius 2 is 0.854 bits per heavy atom. The molecule has 3 aliphatic rings. The minimum Gasteiger partial charge on any atom is -0.482 e. The molecule has 6 heterocycles. The standard InChI is InChI=1S/C36H32Cl2N4O4P2/c37-29-21-27-19-25-9-10-26-20-28-22-30(38)24-32(46-48(41-15-5-6-16-41)42-17-7-8-18-42)34(28)44-36(26)35(25)43-33(27)31(23-29)45-47(39-11-1-2-12-39)40-13-3-4-14-40/h1-8,11-18,21-26,35-36H,9-10,19-20H2/t25-,26-,35?,36?/m1/s1. The molecule has 4 aromatic heterocycles. The molecule has 2 aromatic carbocycles. The van der Waals surface area contributed by atoms with Crippen molar-refractivity contribution in [2.45, 2.75) is 37.9 Å². The fourth-order valence-electron chi connectivity index (χ4n) is 7.21. The lowest BCUT2D eigenvalue weighted by Gasteiger charge is -2.47. The van der Waals surface area contributed by atoms with Gasteiger partial charge in [-0.15, -0.1) is 0 Å². The largest absolute Gasteiger partial charge is 0.482 e. The molecule has 48 heavy (non-hydrogen) atoms. The SMILES string of the molecule is Clc1cc2c(c(OP(n3cccc3)n3cccc3)c1)OC1C3Oc4c(cc(Cl)cc4OP(n4cccc4)n4cccc4)C[C@H]3CC[C@@H]1C2. The summed E-state index contributed by atoms with van der Waals surface area (Å²) in [6.45, 7) is 0. The Labute approximate surface area is 291 Å². The van der Waals surface area contributed by atoms with Crippen molar-refractivity contribution in [2.75, 3.05) is 0 Å². The van der Waals surface area contributed by atoms with E-state index in [1.165, 1.54) is 0 Å². The maximum absolute atomic E-state index is 7.02. The van der Waals surface area contributed by atoms with Crippen LogP contribution in [0.3, 0.4) is 0 Å². The first-order valence-corrected chi connectivity index (χ1v) is 19.1. The summed E-state index contributed by atoms with van der Waals surface area (Å²) < 4.78 is 36.0. The minimum atomic E-state index is -1.27. The molecule has 12 heteroatoms. The van der Waals surface area contributed by atoms with Gasteiger partial charge in [0.15, 0.2) is 23.0 Å². The van der Waals surface area contributed by atoms with Gasteiger partial charge in [0.1, 0.15) is 12.2 Å². The van der Waals surface area contributed by atoms with E-state index in [9.17, 15) is 0 Å². The van der Waals surface area contributed by atoms with Crippen molar-refractivity contribution in [1.82, 2.24) is 17.4 Å². The number of hydrogen-bond donors (Lipinski definition) is 0. The lowest BCUT2D eigenvalue weighted by molar-refractivity contribution is -0.0649. The second kappa shape index (κ2) is 12.6. The monoisotopic (exact) mass is 716 g/mol. The molecule has 1 aliphatic carbocycles. The quantitative estimate of drug-likeness (QED) is 0.147. The van der Waals surface area contributed by atoms with Crippen LogP contribution < -0.4 is 18.5 Å². The summed E-state index contributed by atoms with van der Waals surface area (Å²) in [6.07, 6.45) is 19.6. The molecule has 0 amide bonds. The van der Waals surface area contributed by atoms with Crippen molar-refractivity contribution in [3.63, 3.8) is 0 Å². The summed E-state index contributed by atoms with van der Waals surface area (Å²) in [4.78, 5) is 0. The second-order valence-electron chi connectivity index (χ2n) is 12.4. The molecule has 244 valence electrons. The third-order valence-electron chi connectivity index (χ3n) is 9.33. The van der Waals surface area contributed by atoms with Crippen LogP contribution in [0.2, 0.25) is 10.0 Å². The van der Waals surface area contributed by atoms with Gasteiger partial charge in [0.2, 0.25) is 0 Å². The fourth-order valence-corrected chi connectivity index (χ4v) is 10.7. The zero-order valence-electron chi connectivity index (χ0n) is 25.8. The Hall–Kier alpha value is -3.80. The van der Waals surface area contributed by atoms with Crippen molar-refractivity contribution >= 4 is 40.1 Å². The summed E-state index contributed by atoms with van der Waals surface area (Å²) in [5.74, 6) is 3.36. The van der Waals surface area contributed by atoms with E-state index in [4.69, 9.17) is 41.7 Å². The Morgan fingerprint density at radius 3 is 1.19 bits per heavy atom. The van der Waals surface area contributed by atoms with E-state index in [2.05, 4.69) is 17.4 Å². The maximum Gasteiger partial charge on any atom is 0.317 e. The highest BCUT2D eigenvalue weighted by Gasteiger charge is 2.48. The number of rotatable bonds is 8. The number of halogens is 2. The zero-order chi connectivity index (χ0) is 32.2. The minimum absolute atomic E-state index is 0.156. The Kier molecular flexibility index (Phi) is 7.93. The molecule has 8 nitrogen and oxygen atoms in total. The van der Waals surface area contributed by atoms with Crippen LogP contribution in [0.25, 0.3) is 0 Å². The maximum atomic E-state index is 7.02. The first-order valence-electron chi connectivity index (χ1n) is 16.0. The number of aromatic nitrogens is 4. The van der Waals surface area contributed by atoms with E-state index in [1.54, 1.807) is 0 Å². The van der Waals surface area contributed by atoms with E-state index in [0.29, 0.717) is 21.5 Å². The van der Waals surface area contributed by atoms with Gasteiger partial charge in [0, 0.05) is 83.6 Å². The normalized spacial score (nSPS) is 21.1. The predicted molar refractivity (Wildman–Crippen MR) is 190 cm³/mol. The molecule has 0 radical (unpaired) electrons. The number of benzene rings is 2. The molecule has 9 rings (SSSR count). The highest BCUT2D eigenvalue weighted by atomic mass is 35.5. The summed E-state index contributed by atoms with van der Waals surface area (Å²) >= 11 is 13.4. The number of fused-ring (bicyclic) bond motifs is 5. The van der Waals surface area contributed by atoms with Gasteiger partial charge in [0.05, 0.1) is 0 Å². The molecular formula is C36H32Cl2N4O4P2. The third-order valence-corrected chi connectivity index (χ3v) is 13.1. The topological polar surface area (TPSA) is 56.6 Å². The molecule has 1 fully saturated rings. The first-order chi connectivity index (χ1) is 23.6. The Morgan fingerprint density at radius 1 is 0.521 bits per heavy atom. The van der Waals surface area contributed by atoms with E-state index < -0.39 is 16.9 Å². The van der Waals surface area contributed by atoms with Crippen LogP contribution in [-0.4, -0.2) is 29.6 Å². The summed E-state index contributed by atoms with van der Waals surface area (Å²) in [5, 5.41) is 1.27. The lowest BCUT2D eigenvalue weighted by Crippen LogP contribution is -2.54. The molecule has 2 unspecified atom stereocenters. The van der Waals surface area contributed by atoms with Gasteiger partial charge in [-0.3, -0.25) is 17.4 Å². The van der Waals surface area contributed by atoms with Gasteiger partial charge in [-0.05, 0) is 97.5 Å². The van der Waals surface area contributed by atoms with Crippen LogP contribution in [-0.2, 0) is 12.8 Å². The van der Waals surface area contributed by atoms with Crippen molar-refractivity contribution < 1.29 is 18.5 Å². The number of hydrogen-bond acceptors (Lipinski definition) is 4. The molecular weight excluding hydrogens is 685 g/mol. The fraction of sp³-hybridized carbons (Fsp3) is 0.222. The van der Waals surface area contributed by atoms with E-state index in [1.807, 2.05) is 122 Å². The van der Waals surface area contributed by atoms with Crippen LogP contribution in [0.4, 0.5) is 0 Å². The van der Waals surface area contributed by atoms with E-state index in [0.717, 1.165) is 48.3 Å².